The predicted molar refractivity (Wildman–Crippen MR) is 72.3 cm³/mol. The van der Waals surface area contributed by atoms with Gasteiger partial charge in [-0.15, -0.1) is 5.10 Å². The van der Waals surface area contributed by atoms with Crippen LogP contribution in [0.5, 0.6) is 6.01 Å². The average Bonchev–Trinajstić information content (AvgIpc) is 2.93. The van der Waals surface area contributed by atoms with Gasteiger partial charge < -0.3 is 9.47 Å². The highest BCUT2D eigenvalue weighted by atomic mass is 16.5. The number of hydrogen-bond donors (Lipinski definition) is 2. The summed E-state index contributed by atoms with van der Waals surface area (Å²) in [5, 5.41) is 8.83. The Morgan fingerprint density at radius 3 is 2.80 bits per heavy atom. The number of methoxy groups -OCH3 is 1. The zero-order chi connectivity index (χ0) is 14.4. The SMILES string of the molecule is COc1n[nH]c(NC(=O)C(C)OCc2ccccc2)n1. The maximum atomic E-state index is 11.9. The van der Waals surface area contributed by atoms with E-state index in [-0.39, 0.29) is 17.9 Å². The van der Waals surface area contributed by atoms with Crippen LogP contribution in [0.2, 0.25) is 0 Å². The lowest BCUT2D eigenvalue weighted by Gasteiger charge is -2.11. The topological polar surface area (TPSA) is 89.1 Å². The van der Waals surface area contributed by atoms with Crippen LogP contribution in [0.25, 0.3) is 0 Å². The summed E-state index contributed by atoms with van der Waals surface area (Å²) in [5.41, 5.74) is 1.01. The smallest absolute Gasteiger partial charge is 0.336 e. The number of aromatic nitrogens is 3. The molecule has 0 saturated carbocycles. The highest BCUT2D eigenvalue weighted by Crippen LogP contribution is 2.07. The summed E-state index contributed by atoms with van der Waals surface area (Å²) in [7, 11) is 1.44. The molecule has 0 fully saturated rings. The zero-order valence-electron chi connectivity index (χ0n) is 11.3. The minimum Gasteiger partial charge on any atom is -0.466 e. The Morgan fingerprint density at radius 1 is 1.40 bits per heavy atom. The molecule has 1 aromatic carbocycles. The molecule has 0 radical (unpaired) electrons. The fraction of sp³-hybridized carbons (Fsp3) is 0.308. The molecule has 1 atom stereocenters. The van der Waals surface area contributed by atoms with Crippen LogP contribution in [0.15, 0.2) is 30.3 Å². The molecule has 0 bridgehead atoms. The first kappa shape index (κ1) is 14.0. The second-order valence-corrected chi connectivity index (χ2v) is 4.10. The van der Waals surface area contributed by atoms with Crippen LogP contribution >= 0.6 is 0 Å². The molecular formula is C13H16N4O3. The Balaban J connectivity index is 1.82. The van der Waals surface area contributed by atoms with Crippen LogP contribution < -0.4 is 10.1 Å². The van der Waals surface area contributed by atoms with E-state index in [4.69, 9.17) is 9.47 Å². The monoisotopic (exact) mass is 276 g/mol. The third-order valence-electron chi connectivity index (χ3n) is 2.60. The third-order valence-corrected chi connectivity index (χ3v) is 2.60. The summed E-state index contributed by atoms with van der Waals surface area (Å²) in [6.45, 7) is 2.04. The molecule has 7 heteroatoms. The van der Waals surface area contributed by atoms with Crippen molar-refractivity contribution in [3.8, 4) is 6.01 Å². The molecule has 1 amide bonds. The Bertz CT molecular complexity index is 556. The minimum atomic E-state index is -0.605. The molecule has 20 heavy (non-hydrogen) atoms. The molecule has 0 aliphatic rings. The van der Waals surface area contributed by atoms with Gasteiger partial charge in [-0.3, -0.25) is 10.1 Å². The van der Waals surface area contributed by atoms with Crippen molar-refractivity contribution in [2.45, 2.75) is 19.6 Å². The standard InChI is InChI=1S/C13H16N4O3/c1-9(20-8-10-6-4-3-5-7-10)11(18)14-12-15-13(19-2)17-16-12/h3-7,9H,8H2,1-2H3,(H2,14,15,16,17,18). The van der Waals surface area contributed by atoms with E-state index in [1.165, 1.54) is 7.11 Å². The first-order valence-corrected chi connectivity index (χ1v) is 6.12. The lowest BCUT2D eigenvalue weighted by atomic mass is 10.2. The summed E-state index contributed by atoms with van der Waals surface area (Å²) in [6.07, 6.45) is -0.605. The highest BCUT2D eigenvalue weighted by Gasteiger charge is 2.15. The molecule has 2 N–H and O–H groups in total. The van der Waals surface area contributed by atoms with Crippen molar-refractivity contribution < 1.29 is 14.3 Å². The van der Waals surface area contributed by atoms with Crippen molar-refractivity contribution in [2.75, 3.05) is 12.4 Å². The van der Waals surface area contributed by atoms with Gasteiger partial charge in [0.2, 0.25) is 5.95 Å². The summed E-state index contributed by atoms with van der Waals surface area (Å²) < 4.78 is 10.3. The van der Waals surface area contributed by atoms with Crippen LogP contribution in [0.1, 0.15) is 12.5 Å². The number of nitrogens with zero attached hydrogens (tertiary/aromatic N) is 2. The van der Waals surface area contributed by atoms with E-state index < -0.39 is 6.10 Å². The van der Waals surface area contributed by atoms with Crippen LogP contribution in [0.3, 0.4) is 0 Å². The Labute approximate surface area is 116 Å². The molecule has 1 aromatic heterocycles. The average molecular weight is 276 g/mol. The number of benzene rings is 1. The number of anilines is 1. The van der Waals surface area contributed by atoms with Crippen molar-refractivity contribution in [1.82, 2.24) is 15.2 Å². The van der Waals surface area contributed by atoms with Gasteiger partial charge in [-0.1, -0.05) is 30.3 Å². The fourth-order valence-electron chi connectivity index (χ4n) is 1.48. The number of carbonyl (C=O) groups excluding carboxylic acids is 1. The second kappa shape index (κ2) is 6.67. The maximum Gasteiger partial charge on any atom is 0.336 e. The van der Waals surface area contributed by atoms with Crippen molar-refractivity contribution >= 4 is 11.9 Å². The molecular weight excluding hydrogens is 260 g/mol. The van der Waals surface area contributed by atoms with Gasteiger partial charge >= 0.3 is 6.01 Å². The molecule has 1 unspecified atom stereocenters. The van der Waals surface area contributed by atoms with Crippen LogP contribution in [0.4, 0.5) is 5.95 Å². The van der Waals surface area contributed by atoms with E-state index in [2.05, 4.69) is 20.5 Å². The Hall–Kier alpha value is -2.41. The van der Waals surface area contributed by atoms with Gasteiger partial charge in [0.25, 0.3) is 5.91 Å². The molecule has 0 spiro atoms. The summed E-state index contributed by atoms with van der Waals surface area (Å²) >= 11 is 0. The Morgan fingerprint density at radius 2 is 2.15 bits per heavy atom. The van der Waals surface area contributed by atoms with Crippen LogP contribution in [-0.2, 0) is 16.1 Å². The number of hydrogen-bond acceptors (Lipinski definition) is 5. The minimum absolute atomic E-state index is 0.165. The lowest BCUT2D eigenvalue weighted by molar-refractivity contribution is -0.127. The summed E-state index contributed by atoms with van der Waals surface area (Å²) in [4.78, 5) is 15.8. The lowest BCUT2D eigenvalue weighted by Crippen LogP contribution is -2.28. The number of H-pyrrole nitrogens is 1. The Kier molecular flexibility index (Phi) is 4.67. The van der Waals surface area contributed by atoms with E-state index in [0.717, 1.165) is 5.56 Å². The van der Waals surface area contributed by atoms with Gasteiger partial charge in [0, 0.05) is 0 Å². The van der Waals surface area contributed by atoms with E-state index in [0.29, 0.717) is 6.61 Å². The molecule has 106 valence electrons. The quantitative estimate of drug-likeness (QED) is 0.831. The van der Waals surface area contributed by atoms with Gasteiger partial charge in [0.15, 0.2) is 0 Å². The number of carbonyl (C=O) groups is 1. The number of rotatable bonds is 6. The predicted octanol–water partition coefficient (Wildman–Crippen LogP) is 1.36. The van der Waals surface area contributed by atoms with Gasteiger partial charge in [0.1, 0.15) is 6.10 Å². The van der Waals surface area contributed by atoms with Gasteiger partial charge in [-0.2, -0.15) is 4.98 Å². The van der Waals surface area contributed by atoms with Crippen LogP contribution in [-0.4, -0.2) is 34.3 Å². The van der Waals surface area contributed by atoms with Crippen molar-refractivity contribution in [1.29, 1.82) is 0 Å². The van der Waals surface area contributed by atoms with Crippen molar-refractivity contribution in [3.63, 3.8) is 0 Å². The molecule has 7 nitrogen and oxygen atoms in total. The molecule has 2 rings (SSSR count). The molecule has 1 heterocycles. The first-order chi connectivity index (χ1) is 9.69. The molecule has 0 aliphatic heterocycles. The number of ether oxygens (including phenoxy) is 2. The van der Waals surface area contributed by atoms with Gasteiger partial charge in [-0.05, 0) is 12.5 Å². The van der Waals surface area contributed by atoms with Crippen molar-refractivity contribution in [3.05, 3.63) is 35.9 Å². The number of nitrogens with one attached hydrogen (secondary N) is 2. The number of amides is 1. The summed E-state index contributed by atoms with van der Waals surface area (Å²) in [6, 6.07) is 9.81. The maximum absolute atomic E-state index is 11.9. The van der Waals surface area contributed by atoms with E-state index in [1.807, 2.05) is 30.3 Å². The normalized spacial score (nSPS) is 11.9. The fourth-order valence-corrected chi connectivity index (χ4v) is 1.48. The third kappa shape index (κ3) is 3.79. The first-order valence-electron chi connectivity index (χ1n) is 6.12. The van der Waals surface area contributed by atoms with Gasteiger partial charge in [0.05, 0.1) is 13.7 Å². The highest BCUT2D eigenvalue weighted by molar-refractivity contribution is 5.92. The molecule has 0 aliphatic carbocycles. The second-order valence-electron chi connectivity index (χ2n) is 4.10. The van der Waals surface area contributed by atoms with E-state index in [9.17, 15) is 4.79 Å². The van der Waals surface area contributed by atoms with E-state index >= 15 is 0 Å². The number of aromatic amines is 1. The zero-order valence-corrected chi connectivity index (χ0v) is 11.3. The molecule has 0 saturated heterocycles. The van der Waals surface area contributed by atoms with Crippen LogP contribution in [0, 0.1) is 0 Å². The van der Waals surface area contributed by atoms with E-state index in [1.54, 1.807) is 6.92 Å². The van der Waals surface area contributed by atoms with Gasteiger partial charge in [-0.25, -0.2) is 5.10 Å². The van der Waals surface area contributed by atoms with Crippen molar-refractivity contribution in [2.24, 2.45) is 0 Å². The summed E-state index contributed by atoms with van der Waals surface area (Å²) in [5.74, 6) is -0.0817. The molecule has 2 aromatic rings. The largest absolute Gasteiger partial charge is 0.466 e.